The van der Waals surface area contributed by atoms with Crippen molar-refractivity contribution in [2.45, 2.75) is 52.9 Å². The average Bonchev–Trinajstić information content (AvgIpc) is 2.14. The van der Waals surface area contributed by atoms with Gasteiger partial charge in [0.15, 0.2) is 0 Å². The molecule has 100 valence electrons. The summed E-state index contributed by atoms with van der Waals surface area (Å²) in [7, 11) is 0. The van der Waals surface area contributed by atoms with Gasteiger partial charge in [0.25, 0.3) is 0 Å². The third-order valence-corrected chi connectivity index (χ3v) is 3.77. The minimum Gasteiger partial charge on any atom is -0.481 e. The Morgan fingerprint density at radius 3 is 2.24 bits per heavy atom. The Morgan fingerprint density at radius 2 is 1.82 bits per heavy atom. The Balaban J connectivity index is 2.30. The lowest BCUT2D eigenvalue weighted by atomic mass is 9.72. The van der Waals surface area contributed by atoms with Crippen LogP contribution < -0.4 is 0 Å². The van der Waals surface area contributed by atoms with Crippen molar-refractivity contribution >= 4 is 5.97 Å². The van der Waals surface area contributed by atoms with Crippen molar-refractivity contribution in [2.75, 3.05) is 19.6 Å². The maximum atomic E-state index is 10.6. The number of carboxylic acids is 1. The Kier molecular flexibility index (Phi) is 5.44. The highest BCUT2D eigenvalue weighted by Gasteiger charge is 2.41. The number of carbonyl (C=O) groups is 1. The first kappa shape index (κ1) is 14.5. The van der Waals surface area contributed by atoms with Crippen molar-refractivity contribution in [3.63, 3.8) is 0 Å². The molecule has 1 atom stereocenters. The molecule has 0 aromatic carbocycles. The summed E-state index contributed by atoms with van der Waals surface area (Å²) in [6, 6.07) is 0. The van der Waals surface area contributed by atoms with Crippen molar-refractivity contribution < 1.29 is 9.90 Å². The average molecular weight is 241 g/mol. The number of rotatable bonds is 8. The first-order valence-electron chi connectivity index (χ1n) is 6.95. The van der Waals surface area contributed by atoms with Crippen LogP contribution in [-0.4, -0.2) is 35.6 Å². The summed E-state index contributed by atoms with van der Waals surface area (Å²) in [6.45, 7) is 9.85. The summed E-state index contributed by atoms with van der Waals surface area (Å²) in [5.41, 5.74) is 0.548. The summed E-state index contributed by atoms with van der Waals surface area (Å²) in [4.78, 5) is 13.0. The Hall–Kier alpha value is -0.570. The molecule has 0 aromatic rings. The normalized spacial score (nSPS) is 20.9. The van der Waals surface area contributed by atoms with Crippen molar-refractivity contribution in [1.82, 2.24) is 4.90 Å². The molecule has 1 unspecified atom stereocenters. The molecule has 1 N–H and O–H groups in total. The molecule has 0 bridgehead atoms. The van der Waals surface area contributed by atoms with E-state index in [9.17, 15) is 4.79 Å². The highest BCUT2D eigenvalue weighted by molar-refractivity contribution is 5.66. The van der Waals surface area contributed by atoms with E-state index in [0.717, 1.165) is 6.54 Å². The predicted molar refractivity (Wildman–Crippen MR) is 70.1 cm³/mol. The molecule has 1 fully saturated rings. The van der Waals surface area contributed by atoms with Gasteiger partial charge in [0.1, 0.15) is 0 Å². The lowest BCUT2D eigenvalue weighted by Crippen LogP contribution is -2.57. The molecule has 0 aromatic heterocycles. The lowest BCUT2D eigenvalue weighted by molar-refractivity contribution is -0.138. The van der Waals surface area contributed by atoms with Gasteiger partial charge in [0, 0.05) is 26.1 Å². The standard InChI is InChI=1S/C14H27NO2/c1-4-6-14(7-5-2)10-15(11-14)9-12(3)8-13(16)17/h12H,4-11H2,1-3H3,(H,16,17). The third kappa shape index (κ3) is 4.30. The van der Waals surface area contributed by atoms with Gasteiger partial charge in [-0.3, -0.25) is 4.79 Å². The molecule has 1 saturated heterocycles. The van der Waals surface area contributed by atoms with Gasteiger partial charge >= 0.3 is 5.97 Å². The Labute approximate surface area is 105 Å². The van der Waals surface area contributed by atoms with E-state index in [-0.39, 0.29) is 5.92 Å². The van der Waals surface area contributed by atoms with Gasteiger partial charge in [-0.15, -0.1) is 0 Å². The number of hydrogen-bond acceptors (Lipinski definition) is 2. The minimum absolute atomic E-state index is 0.272. The molecule has 0 amide bonds. The van der Waals surface area contributed by atoms with Gasteiger partial charge in [0.05, 0.1) is 0 Å². The molecular formula is C14H27NO2. The van der Waals surface area contributed by atoms with Crippen LogP contribution in [0.15, 0.2) is 0 Å². The fraction of sp³-hybridized carbons (Fsp3) is 0.929. The van der Waals surface area contributed by atoms with Gasteiger partial charge in [-0.05, 0) is 24.2 Å². The van der Waals surface area contributed by atoms with Gasteiger partial charge in [-0.1, -0.05) is 33.6 Å². The van der Waals surface area contributed by atoms with Crippen molar-refractivity contribution in [3.05, 3.63) is 0 Å². The van der Waals surface area contributed by atoms with Crippen LogP contribution in [-0.2, 0) is 4.79 Å². The molecule has 1 aliphatic rings. The van der Waals surface area contributed by atoms with Crippen LogP contribution in [0.1, 0.15) is 52.9 Å². The van der Waals surface area contributed by atoms with E-state index in [1.54, 1.807) is 0 Å². The molecule has 0 radical (unpaired) electrons. The molecule has 1 aliphatic heterocycles. The molecule has 0 spiro atoms. The van der Waals surface area contributed by atoms with E-state index in [0.29, 0.717) is 11.8 Å². The predicted octanol–water partition coefficient (Wildman–Crippen LogP) is 3.00. The molecule has 3 nitrogen and oxygen atoms in total. The number of aliphatic carboxylic acids is 1. The third-order valence-electron chi connectivity index (χ3n) is 3.77. The Bertz CT molecular complexity index is 239. The molecule has 0 saturated carbocycles. The van der Waals surface area contributed by atoms with Gasteiger partial charge in [0.2, 0.25) is 0 Å². The number of nitrogens with zero attached hydrogens (tertiary/aromatic N) is 1. The molecule has 3 heteroatoms. The summed E-state index contributed by atoms with van der Waals surface area (Å²) in [6.07, 6.45) is 5.47. The second kappa shape index (κ2) is 6.39. The second-order valence-electron chi connectivity index (χ2n) is 5.87. The number of likely N-dealkylation sites (tertiary alicyclic amines) is 1. The van der Waals surface area contributed by atoms with E-state index in [2.05, 4.69) is 18.7 Å². The SMILES string of the molecule is CCCC1(CCC)CN(CC(C)CC(=O)O)C1. The van der Waals surface area contributed by atoms with E-state index in [4.69, 9.17) is 5.11 Å². The molecule has 0 aliphatic carbocycles. The fourth-order valence-corrected chi connectivity index (χ4v) is 3.34. The molecular weight excluding hydrogens is 214 g/mol. The van der Waals surface area contributed by atoms with Crippen LogP contribution in [0.25, 0.3) is 0 Å². The molecule has 1 heterocycles. The maximum absolute atomic E-state index is 10.6. The zero-order valence-electron chi connectivity index (χ0n) is 11.5. The van der Waals surface area contributed by atoms with Crippen LogP contribution in [0, 0.1) is 11.3 Å². The van der Waals surface area contributed by atoms with E-state index >= 15 is 0 Å². The van der Waals surface area contributed by atoms with Crippen LogP contribution >= 0.6 is 0 Å². The van der Waals surface area contributed by atoms with Crippen molar-refractivity contribution in [3.8, 4) is 0 Å². The van der Waals surface area contributed by atoms with E-state index in [1.807, 2.05) is 6.92 Å². The van der Waals surface area contributed by atoms with Crippen LogP contribution in [0.5, 0.6) is 0 Å². The van der Waals surface area contributed by atoms with Crippen LogP contribution in [0.2, 0.25) is 0 Å². The second-order valence-corrected chi connectivity index (χ2v) is 5.87. The molecule has 1 rings (SSSR count). The van der Waals surface area contributed by atoms with Gasteiger partial charge in [-0.2, -0.15) is 0 Å². The highest BCUT2D eigenvalue weighted by Crippen LogP contribution is 2.39. The monoisotopic (exact) mass is 241 g/mol. The fourth-order valence-electron chi connectivity index (χ4n) is 3.34. The van der Waals surface area contributed by atoms with Gasteiger partial charge in [-0.25, -0.2) is 0 Å². The summed E-state index contributed by atoms with van der Waals surface area (Å²) < 4.78 is 0. The summed E-state index contributed by atoms with van der Waals surface area (Å²) in [5.74, 6) is -0.403. The first-order valence-corrected chi connectivity index (χ1v) is 6.95. The van der Waals surface area contributed by atoms with E-state index < -0.39 is 5.97 Å². The number of carboxylic acid groups (broad SMARTS) is 1. The Morgan fingerprint density at radius 1 is 1.29 bits per heavy atom. The van der Waals surface area contributed by atoms with Gasteiger partial charge < -0.3 is 10.0 Å². The van der Waals surface area contributed by atoms with Crippen molar-refractivity contribution in [1.29, 1.82) is 0 Å². The zero-order valence-corrected chi connectivity index (χ0v) is 11.5. The van der Waals surface area contributed by atoms with Crippen molar-refractivity contribution in [2.24, 2.45) is 11.3 Å². The number of hydrogen-bond donors (Lipinski definition) is 1. The highest BCUT2D eigenvalue weighted by atomic mass is 16.4. The maximum Gasteiger partial charge on any atom is 0.303 e. The topological polar surface area (TPSA) is 40.5 Å². The quantitative estimate of drug-likeness (QED) is 0.710. The lowest BCUT2D eigenvalue weighted by Gasteiger charge is -2.51. The first-order chi connectivity index (χ1) is 8.01. The largest absolute Gasteiger partial charge is 0.481 e. The smallest absolute Gasteiger partial charge is 0.303 e. The van der Waals surface area contributed by atoms with Crippen LogP contribution in [0.3, 0.4) is 0 Å². The summed E-state index contributed by atoms with van der Waals surface area (Å²) in [5, 5.41) is 8.74. The minimum atomic E-state index is -0.675. The molecule has 17 heavy (non-hydrogen) atoms. The summed E-state index contributed by atoms with van der Waals surface area (Å²) >= 11 is 0. The van der Waals surface area contributed by atoms with Crippen LogP contribution in [0.4, 0.5) is 0 Å². The zero-order chi connectivity index (χ0) is 12.9. The van der Waals surface area contributed by atoms with E-state index in [1.165, 1.54) is 38.8 Å².